The molecular weight excluding hydrogens is 392 g/mol. The quantitative estimate of drug-likeness (QED) is 0.735. The molecule has 150 valence electrons. The Morgan fingerprint density at radius 1 is 1.04 bits per heavy atom. The van der Waals surface area contributed by atoms with Gasteiger partial charge in [-0.05, 0) is 62.2 Å². The molecule has 9 heteroatoms. The van der Waals surface area contributed by atoms with Crippen LogP contribution in [0.1, 0.15) is 28.4 Å². The molecule has 0 saturated heterocycles. The van der Waals surface area contributed by atoms with Crippen molar-refractivity contribution in [2.24, 2.45) is 0 Å². The van der Waals surface area contributed by atoms with Crippen LogP contribution in [0.5, 0.6) is 0 Å². The van der Waals surface area contributed by atoms with E-state index in [0.717, 1.165) is 35.4 Å². The molecule has 0 bridgehead atoms. The summed E-state index contributed by atoms with van der Waals surface area (Å²) in [5, 5.41) is 2.67. The van der Waals surface area contributed by atoms with Gasteiger partial charge in [0.25, 0.3) is 5.91 Å². The molecule has 2 rings (SSSR count). The van der Waals surface area contributed by atoms with Gasteiger partial charge in [-0.1, -0.05) is 12.1 Å². The molecule has 6 nitrogen and oxygen atoms in total. The fraction of sp³-hybridized carbons (Fsp3) is 0.263. The van der Waals surface area contributed by atoms with Crippen molar-refractivity contribution >= 4 is 27.4 Å². The van der Waals surface area contributed by atoms with Crippen LogP contribution in [0.2, 0.25) is 0 Å². The third-order valence-electron chi connectivity index (χ3n) is 3.96. The van der Waals surface area contributed by atoms with E-state index < -0.39 is 38.5 Å². The van der Waals surface area contributed by atoms with Crippen molar-refractivity contribution in [2.45, 2.75) is 37.5 Å². The topological polar surface area (TPSA) is 89.5 Å². The Kier molecular flexibility index (Phi) is 6.50. The molecular formula is C19H19F2NO5S. The maximum Gasteiger partial charge on any atom is 0.341 e. The van der Waals surface area contributed by atoms with Crippen LogP contribution in [0.15, 0.2) is 47.4 Å². The van der Waals surface area contributed by atoms with E-state index in [2.05, 4.69) is 5.32 Å². The molecule has 28 heavy (non-hydrogen) atoms. The number of carbonyl (C=O) groups excluding carboxylic acids is 2. The number of halogens is 2. The van der Waals surface area contributed by atoms with Gasteiger partial charge in [-0.3, -0.25) is 4.79 Å². The van der Waals surface area contributed by atoms with E-state index in [1.807, 2.05) is 26.0 Å². The number of ether oxygens (including phenoxy) is 1. The van der Waals surface area contributed by atoms with Gasteiger partial charge in [0.15, 0.2) is 6.10 Å². The number of rotatable bonds is 6. The number of aryl methyl sites for hydroxylation is 2. The normalized spacial score (nSPS) is 12.5. The molecule has 2 aromatic carbocycles. The molecule has 0 fully saturated rings. The number of sulfone groups is 1. The molecule has 0 heterocycles. The predicted octanol–water partition coefficient (Wildman–Crippen LogP) is 3.48. The maximum atomic E-state index is 12.5. The zero-order chi connectivity index (χ0) is 21.1. The molecule has 1 amide bonds. The summed E-state index contributed by atoms with van der Waals surface area (Å²) in [4.78, 5) is 23.8. The van der Waals surface area contributed by atoms with E-state index in [1.165, 1.54) is 6.92 Å². The fourth-order valence-electron chi connectivity index (χ4n) is 2.27. The van der Waals surface area contributed by atoms with Crippen LogP contribution in [0, 0.1) is 13.8 Å². The Bertz CT molecular complexity index is 988. The largest absolute Gasteiger partial charge is 0.449 e. The predicted molar refractivity (Wildman–Crippen MR) is 99.1 cm³/mol. The summed E-state index contributed by atoms with van der Waals surface area (Å²) in [6.45, 7) is 5.07. The number of amides is 1. The summed E-state index contributed by atoms with van der Waals surface area (Å²) < 4.78 is 52.9. The molecule has 0 aromatic heterocycles. The van der Waals surface area contributed by atoms with E-state index in [1.54, 1.807) is 6.07 Å². The lowest BCUT2D eigenvalue weighted by Crippen LogP contribution is -2.30. The van der Waals surface area contributed by atoms with Gasteiger partial charge in [0.1, 0.15) is 0 Å². The number of nitrogens with one attached hydrogen (secondary N) is 1. The number of benzene rings is 2. The van der Waals surface area contributed by atoms with Crippen molar-refractivity contribution in [3.8, 4) is 0 Å². The van der Waals surface area contributed by atoms with Crippen molar-refractivity contribution in [3.05, 3.63) is 59.2 Å². The van der Waals surface area contributed by atoms with Crippen molar-refractivity contribution in [2.75, 3.05) is 5.32 Å². The molecule has 0 aliphatic carbocycles. The Labute approximate surface area is 161 Å². The van der Waals surface area contributed by atoms with Gasteiger partial charge in [0, 0.05) is 5.69 Å². The van der Waals surface area contributed by atoms with E-state index in [-0.39, 0.29) is 5.56 Å². The summed E-state index contributed by atoms with van der Waals surface area (Å²) in [6, 6.07) is 9.39. The van der Waals surface area contributed by atoms with Crippen LogP contribution in [0.25, 0.3) is 0 Å². The van der Waals surface area contributed by atoms with Crippen LogP contribution in [0.3, 0.4) is 0 Å². The van der Waals surface area contributed by atoms with Crippen molar-refractivity contribution < 1.29 is 31.5 Å². The summed E-state index contributed by atoms with van der Waals surface area (Å²) >= 11 is 0. The summed E-state index contributed by atoms with van der Waals surface area (Å²) in [5.74, 6) is -4.98. The maximum absolute atomic E-state index is 12.5. The number of hydrogen-bond donors (Lipinski definition) is 1. The van der Waals surface area contributed by atoms with Crippen molar-refractivity contribution in [1.29, 1.82) is 0 Å². The average molecular weight is 411 g/mol. The van der Waals surface area contributed by atoms with E-state index in [4.69, 9.17) is 4.74 Å². The minimum atomic E-state index is -4.75. The molecule has 0 aliphatic rings. The monoisotopic (exact) mass is 411 g/mol. The number of esters is 1. The lowest BCUT2D eigenvalue weighted by Gasteiger charge is -2.15. The summed E-state index contributed by atoms with van der Waals surface area (Å²) in [6.07, 6.45) is -1.13. The number of alkyl halides is 2. The second kappa shape index (κ2) is 8.47. The minimum absolute atomic E-state index is 0.0698. The molecule has 0 spiro atoms. The van der Waals surface area contributed by atoms with E-state index >= 15 is 0 Å². The highest BCUT2D eigenvalue weighted by Crippen LogP contribution is 2.20. The first kappa shape index (κ1) is 21.5. The van der Waals surface area contributed by atoms with Crippen molar-refractivity contribution in [3.63, 3.8) is 0 Å². The van der Waals surface area contributed by atoms with Crippen LogP contribution >= 0.6 is 0 Å². The first-order chi connectivity index (χ1) is 13.0. The second-order valence-electron chi connectivity index (χ2n) is 6.19. The van der Waals surface area contributed by atoms with Crippen LogP contribution in [0.4, 0.5) is 14.5 Å². The Morgan fingerprint density at radius 3 is 2.21 bits per heavy atom. The lowest BCUT2D eigenvalue weighted by atomic mass is 10.1. The average Bonchev–Trinajstić information content (AvgIpc) is 2.64. The van der Waals surface area contributed by atoms with Gasteiger partial charge in [-0.15, -0.1) is 0 Å². The van der Waals surface area contributed by atoms with E-state index in [9.17, 15) is 26.8 Å². The molecule has 0 radical (unpaired) electrons. The van der Waals surface area contributed by atoms with Crippen LogP contribution in [-0.4, -0.2) is 32.2 Å². The molecule has 1 N–H and O–H groups in total. The number of carbonyl (C=O) groups is 2. The van der Waals surface area contributed by atoms with Gasteiger partial charge >= 0.3 is 11.7 Å². The molecule has 2 aromatic rings. The standard InChI is InChI=1S/C19H19F2NO5S/c1-11-4-5-12(2)16(10-11)22-17(23)13(3)27-18(24)14-6-8-15(9-7-14)28(25,26)19(20)21/h4-10,13,19H,1-3H3,(H,22,23)/t13-/m0/s1. The SMILES string of the molecule is Cc1ccc(C)c(NC(=O)[C@H](C)OC(=O)c2ccc(S(=O)(=O)C(F)F)cc2)c1. The third kappa shape index (κ3) is 4.92. The van der Waals surface area contributed by atoms with Gasteiger partial charge in [-0.2, -0.15) is 8.78 Å². The van der Waals surface area contributed by atoms with Gasteiger partial charge in [0.2, 0.25) is 9.84 Å². The minimum Gasteiger partial charge on any atom is -0.449 e. The zero-order valence-corrected chi connectivity index (χ0v) is 16.2. The van der Waals surface area contributed by atoms with Gasteiger partial charge in [0.05, 0.1) is 10.5 Å². The molecule has 0 unspecified atom stereocenters. The molecule has 0 saturated carbocycles. The van der Waals surface area contributed by atoms with Crippen LogP contribution in [-0.2, 0) is 19.4 Å². The first-order valence-corrected chi connectivity index (χ1v) is 9.78. The lowest BCUT2D eigenvalue weighted by molar-refractivity contribution is -0.123. The highest BCUT2D eigenvalue weighted by Gasteiger charge is 2.27. The Hall–Kier alpha value is -2.81. The second-order valence-corrected chi connectivity index (χ2v) is 8.10. The number of hydrogen-bond acceptors (Lipinski definition) is 5. The smallest absolute Gasteiger partial charge is 0.341 e. The van der Waals surface area contributed by atoms with Crippen LogP contribution < -0.4 is 5.32 Å². The Balaban J connectivity index is 2.05. The zero-order valence-electron chi connectivity index (χ0n) is 15.4. The van der Waals surface area contributed by atoms with Gasteiger partial charge in [-0.25, -0.2) is 13.2 Å². The van der Waals surface area contributed by atoms with Gasteiger partial charge < -0.3 is 10.1 Å². The van der Waals surface area contributed by atoms with Crippen molar-refractivity contribution in [1.82, 2.24) is 0 Å². The third-order valence-corrected chi connectivity index (χ3v) is 5.36. The highest BCUT2D eigenvalue weighted by molar-refractivity contribution is 7.91. The highest BCUT2D eigenvalue weighted by atomic mass is 32.2. The summed E-state index contributed by atoms with van der Waals surface area (Å²) in [5.41, 5.74) is 2.31. The van der Waals surface area contributed by atoms with E-state index in [0.29, 0.717) is 5.69 Å². The molecule has 0 aliphatic heterocycles. The molecule has 1 atom stereocenters. The summed E-state index contributed by atoms with van der Waals surface area (Å²) in [7, 11) is -4.75. The number of anilines is 1. The first-order valence-electron chi connectivity index (χ1n) is 8.23. The Morgan fingerprint density at radius 2 is 1.64 bits per heavy atom. The fourth-order valence-corrected chi connectivity index (χ4v) is 2.99.